The van der Waals surface area contributed by atoms with Crippen molar-refractivity contribution in [3.63, 3.8) is 0 Å². The summed E-state index contributed by atoms with van der Waals surface area (Å²) in [6.45, 7) is 2.62. The fraction of sp³-hybridized carbons (Fsp3) is 0.350. The number of cyclic esters (lactones) is 1. The Labute approximate surface area is 151 Å². The van der Waals surface area contributed by atoms with Crippen molar-refractivity contribution in [2.75, 3.05) is 25.2 Å². The predicted molar refractivity (Wildman–Crippen MR) is 95.7 cm³/mol. The average molecular weight is 356 g/mol. The van der Waals surface area contributed by atoms with E-state index in [4.69, 9.17) is 9.47 Å². The van der Waals surface area contributed by atoms with Crippen LogP contribution in [0.3, 0.4) is 0 Å². The van der Waals surface area contributed by atoms with Gasteiger partial charge in [-0.25, -0.2) is 9.18 Å². The summed E-state index contributed by atoms with van der Waals surface area (Å²) in [5, 5.41) is 0. The zero-order valence-electron chi connectivity index (χ0n) is 14.7. The van der Waals surface area contributed by atoms with Crippen molar-refractivity contribution in [3.05, 3.63) is 59.4 Å². The molecule has 26 heavy (non-hydrogen) atoms. The van der Waals surface area contributed by atoms with E-state index in [9.17, 15) is 9.18 Å². The summed E-state index contributed by atoms with van der Waals surface area (Å²) in [5.74, 6) is 0.490. The van der Waals surface area contributed by atoms with Crippen LogP contribution in [0.4, 0.5) is 14.9 Å². The minimum Gasteiger partial charge on any atom is -0.497 e. The van der Waals surface area contributed by atoms with E-state index >= 15 is 0 Å². The van der Waals surface area contributed by atoms with Crippen LogP contribution < -0.4 is 9.64 Å². The Bertz CT molecular complexity index is 809. The number of benzene rings is 2. The van der Waals surface area contributed by atoms with Crippen molar-refractivity contribution in [3.8, 4) is 5.75 Å². The van der Waals surface area contributed by atoms with Crippen LogP contribution in [0.1, 0.15) is 17.5 Å². The number of anilines is 1. The van der Waals surface area contributed by atoms with E-state index < -0.39 is 0 Å². The summed E-state index contributed by atoms with van der Waals surface area (Å²) in [4.78, 5) is 16.1. The second-order valence-corrected chi connectivity index (χ2v) is 6.72. The maximum Gasteiger partial charge on any atom is 0.414 e. The zero-order valence-corrected chi connectivity index (χ0v) is 14.7. The van der Waals surface area contributed by atoms with Gasteiger partial charge in [0.25, 0.3) is 0 Å². The lowest BCUT2D eigenvalue weighted by molar-refractivity contribution is 0.177. The van der Waals surface area contributed by atoms with Crippen molar-refractivity contribution in [1.29, 1.82) is 0 Å². The number of rotatable bonds is 3. The van der Waals surface area contributed by atoms with E-state index in [-0.39, 0.29) is 18.0 Å². The molecule has 2 aromatic carbocycles. The van der Waals surface area contributed by atoms with Gasteiger partial charge in [0.15, 0.2) is 0 Å². The molecule has 1 saturated heterocycles. The summed E-state index contributed by atoms with van der Waals surface area (Å²) in [5.41, 5.74) is 2.74. The summed E-state index contributed by atoms with van der Waals surface area (Å²) < 4.78 is 24.3. The first kappa shape index (κ1) is 16.8. The van der Waals surface area contributed by atoms with Gasteiger partial charge < -0.3 is 9.47 Å². The van der Waals surface area contributed by atoms with Gasteiger partial charge in [-0.2, -0.15) is 0 Å². The highest BCUT2D eigenvalue weighted by atomic mass is 19.1. The van der Waals surface area contributed by atoms with E-state index in [0.29, 0.717) is 18.8 Å². The van der Waals surface area contributed by atoms with E-state index in [2.05, 4.69) is 17.0 Å². The standard InChI is InChI=1S/C20H21FN2O3/c1-25-18-6-2-14(3-7-18)11-22-9-8-17-13-26-20(24)23(17)19-10-16(21)5-4-15(19)12-22/h2-7,10,17H,8-9,11-13H2,1H3/t17-/m0/s1. The first-order valence-electron chi connectivity index (χ1n) is 8.74. The van der Waals surface area contributed by atoms with Gasteiger partial charge in [0, 0.05) is 19.6 Å². The first-order valence-corrected chi connectivity index (χ1v) is 8.74. The molecule has 2 aliphatic rings. The van der Waals surface area contributed by atoms with Crippen LogP contribution in [0.25, 0.3) is 0 Å². The van der Waals surface area contributed by atoms with E-state index in [1.807, 2.05) is 12.1 Å². The number of nitrogens with zero attached hydrogens (tertiary/aromatic N) is 2. The molecule has 0 saturated carbocycles. The third-order valence-electron chi connectivity index (χ3n) is 5.01. The minimum absolute atomic E-state index is 0.0540. The van der Waals surface area contributed by atoms with Crippen molar-refractivity contribution < 1.29 is 18.7 Å². The Morgan fingerprint density at radius 3 is 2.81 bits per heavy atom. The van der Waals surface area contributed by atoms with Gasteiger partial charge in [0.05, 0.1) is 18.8 Å². The Kier molecular flexibility index (Phi) is 4.51. The molecular weight excluding hydrogens is 335 g/mol. The monoisotopic (exact) mass is 356 g/mol. The highest BCUT2D eigenvalue weighted by molar-refractivity contribution is 5.91. The summed E-state index contributed by atoms with van der Waals surface area (Å²) in [6, 6.07) is 12.6. The molecule has 4 rings (SSSR count). The van der Waals surface area contributed by atoms with Crippen molar-refractivity contribution >= 4 is 11.8 Å². The molecule has 6 heteroatoms. The Morgan fingerprint density at radius 2 is 2.04 bits per heavy atom. The molecule has 5 nitrogen and oxygen atoms in total. The van der Waals surface area contributed by atoms with Crippen LogP contribution in [0.5, 0.6) is 5.75 Å². The van der Waals surface area contributed by atoms with E-state index in [0.717, 1.165) is 30.8 Å². The second kappa shape index (κ2) is 6.96. The van der Waals surface area contributed by atoms with Crippen LogP contribution in [0.15, 0.2) is 42.5 Å². The van der Waals surface area contributed by atoms with Gasteiger partial charge >= 0.3 is 6.09 Å². The van der Waals surface area contributed by atoms with Crippen LogP contribution in [0.2, 0.25) is 0 Å². The molecule has 0 spiro atoms. The number of hydrogen-bond acceptors (Lipinski definition) is 4. The van der Waals surface area contributed by atoms with Gasteiger partial charge in [-0.15, -0.1) is 0 Å². The molecule has 2 heterocycles. The predicted octanol–water partition coefficient (Wildman–Crippen LogP) is 3.57. The second-order valence-electron chi connectivity index (χ2n) is 6.72. The topological polar surface area (TPSA) is 42.0 Å². The molecule has 1 fully saturated rings. The van der Waals surface area contributed by atoms with Gasteiger partial charge in [0.2, 0.25) is 0 Å². The van der Waals surface area contributed by atoms with Crippen LogP contribution in [-0.2, 0) is 17.8 Å². The maximum absolute atomic E-state index is 13.8. The molecule has 0 radical (unpaired) electrons. The summed E-state index contributed by atoms with van der Waals surface area (Å²) >= 11 is 0. The lowest BCUT2D eigenvalue weighted by atomic mass is 10.0. The van der Waals surface area contributed by atoms with Gasteiger partial charge in [-0.1, -0.05) is 18.2 Å². The molecule has 2 aromatic rings. The highest BCUT2D eigenvalue weighted by Gasteiger charge is 2.37. The molecule has 2 aliphatic heterocycles. The van der Waals surface area contributed by atoms with E-state index in [1.165, 1.54) is 17.7 Å². The Morgan fingerprint density at radius 1 is 1.23 bits per heavy atom. The number of ether oxygens (including phenoxy) is 2. The largest absolute Gasteiger partial charge is 0.497 e. The third kappa shape index (κ3) is 3.24. The van der Waals surface area contributed by atoms with Crippen LogP contribution in [-0.4, -0.2) is 37.3 Å². The molecule has 0 unspecified atom stereocenters. The number of fused-ring (bicyclic) bond motifs is 3. The van der Waals surface area contributed by atoms with E-state index in [1.54, 1.807) is 18.1 Å². The van der Waals surface area contributed by atoms with Crippen molar-refractivity contribution in [2.45, 2.75) is 25.6 Å². The normalized spacial score (nSPS) is 20.0. The number of halogens is 1. The quantitative estimate of drug-likeness (QED) is 0.843. The first-order chi connectivity index (χ1) is 12.6. The number of amides is 1. The molecule has 1 amide bonds. The zero-order chi connectivity index (χ0) is 18.1. The van der Waals surface area contributed by atoms with Crippen molar-refractivity contribution in [1.82, 2.24) is 4.90 Å². The summed E-state index contributed by atoms with van der Waals surface area (Å²) in [7, 11) is 1.65. The lowest BCUT2D eigenvalue weighted by Crippen LogP contribution is -2.40. The molecule has 1 atom stereocenters. The molecule has 0 bridgehead atoms. The van der Waals surface area contributed by atoms with Crippen molar-refractivity contribution in [2.24, 2.45) is 0 Å². The van der Waals surface area contributed by atoms with Gasteiger partial charge in [0.1, 0.15) is 18.2 Å². The third-order valence-corrected chi connectivity index (χ3v) is 5.01. The average Bonchev–Trinajstić information content (AvgIpc) is 3.00. The summed E-state index contributed by atoms with van der Waals surface area (Å²) in [6.07, 6.45) is 0.406. The molecule has 0 N–H and O–H groups in total. The minimum atomic E-state index is -0.384. The smallest absolute Gasteiger partial charge is 0.414 e. The highest BCUT2D eigenvalue weighted by Crippen LogP contribution is 2.32. The fourth-order valence-electron chi connectivity index (χ4n) is 3.64. The SMILES string of the molecule is COc1ccc(CN2CC[C@H]3COC(=O)N3c3cc(F)ccc3C2)cc1. The molecule has 0 aromatic heterocycles. The molecular formula is C20H21FN2O3. The van der Waals surface area contributed by atoms with Crippen LogP contribution >= 0.6 is 0 Å². The number of methoxy groups -OCH3 is 1. The maximum atomic E-state index is 13.8. The Hall–Kier alpha value is -2.60. The number of carbonyl (C=O) groups is 1. The Balaban J connectivity index is 1.61. The number of hydrogen-bond donors (Lipinski definition) is 0. The molecule has 136 valence electrons. The van der Waals surface area contributed by atoms with Crippen LogP contribution in [0, 0.1) is 5.82 Å². The number of carbonyl (C=O) groups excluding carboxylic acids is 1. The molecule has 0 aliphatic carbocycles. The van der Waals surface area contributed by atoms with Gasteiger partial charge in [-0.05, 0) is 41.8 Å². The van der Waals surface area contributed by atoms with Gasteiger partial charge in [-0.3, -0.25) is 9.80 Å². The fourth-order valence-corrected chi connectivity index (χ4v) is 3.64. The lowest BCUT2D eigenvalue weighted by Gasteiger charge is -2.32.